The van der Waals surface area contributed by atoms with Gasteiger partial charge in [-0.05, 0) is 24.6 Å². The third kappa shape index (κ3) is 3.84. The highest BCUT2D eigenvalue weighted by Gasteiger charge is 2.19. The van der Waals surface area contributed by atoms with Crippen LogP contribution < -0.4 is 4.72 Å². The summed E-state index contributed by atoms with van der Waals surface area (Å²) >= 11 is 0. The van der Waals surface area contributed by atoms with Crippen molar-refractivity contribution < 1.29 is 22.4 Å². The summed E-state index contributed by atoms with van der Waals surface area (Å²) in [6, 6.07) is 3.18. The second-order valence-corrected chi connectivity index (χ2v) is 6.03. The van der Waals surface area contributed by atoms with Gasteiger partial charge in [0.2, 0.25) is 15.9 Å². The lowest BCUT2D eigenvalue weighted by atomic mass is 10.2. The van der Waals surface area contributed by atoms with Crippen LogP contribution in [0.4, 0.5) is 4.39 Å². The van der Waals surface area contributed by atoms with E-state index < -0.39 is 22.4 Å². The molecule has 2 N–H and O–H groups in total. The fourth-order valence-corrected chi connectivity index (χ4v) is 2.99. The van der Waals surface area contributed by atoms with Gasteiger partial charge in [0.25, 0.3) is 0 Å². The standard InChI is InChI=1S/C12H14FN3O4S/c1-8-15-12(20-16-8)4-5-14-21(18,19)11-6-10(13)3-2-9(11)7-17/h2-3,6,14,17H,4-5,7H2,1H3. The predicted octanol–water partition coefficient (Wildman–Crippen LogP) is 0.530. The molecule has 0 saturated heterocycles. The van der Waals surface area contributed by atoms with Gasteiger partial charge in [0.15, 0.2) is 5.82 Å². The minimum atomic E-state index is -3.93. The Bertz CT molecular complexity index is 730. The maximum absolute atomic E-state index is 13.2. The molecule has 0 spiro atoms. The summed E-state index contributed by atoms with van der Waals surface area (Å²) in [4.78, 5) is 3.65. The number of aryl methyl sites for hydroxylation is 1. The lowest BCUT2D eigenvalue weighted by molar-refractivity contribution is 0.278. The number of aliphatic hydroxyl groups excluding tert-OH is 1. The first-order chi connectivity index (χ1) is 9.92. The smallest absolute Gasteiger partial charge is 0.241 e. The number of aliphatic hydroxyl groups is 1. The third-order valence-corrected chi connectivity index (χ3v) is 4.23. The van der Waals surface area contributed by atoms with Crippen molar-refractivity contribution in [3.63, 3.8) is 0 Å². The topological polar surface area (TPSA) is 105 Å². The summed E-state index contributed by atoms with van der Waals surface area (Å²) in [6.07, 6.45) is 0.212. The van der Waals surface area contributed by atoms with Crippen LogP contribution in [0.15, 0.2) is 27.6 Å². The number of nitrogens with zero attached hydrogens (tertiary/aromatic N) is 2. The normalized spacial score (nSPS) is 11.8. The predicted molar refractivity (Wildman–Crippen MR) is 70.3 cm³/mol. The number of benzene rings is 1. The van der Waals surface area contributed by atoms with E-state index in [0.717, 1.165) is 12.1 Å². The average molecular weight is 315 g/mol. The molecule has 0 radical (unpaired) electrons. The summed E-state index contributed by atoms with van der Waals surface area (Å²) in [5.41, 5.74) is 0.123. The van der Waals surface area contributed by atoms with Gasteiger partial charge >= 0.3 is 0 Å². The summed E-state index contributed by atoms with van der Waals surface area (Å²) in [6.45, 7) is 1.17. The maximum atomic E-state index is 13.2. The fourth-order valence-electron chi connectivity index (χ4n) is 1.72. The molecule has 0 unspecified atom stereocenters. The average Bonchev–Trinajstić information content (AvgIpc) is 2.84. The Labute approximate surface area is 120 Å². The van der Waals surface area contributed by atoms with Crippen LogP contribution in [-0.2, 0) is 23.1 Å². The van der Waals surface area contributed by atoms with E-state index >= 15 is 0 Å². The van der Waals surface area contributed by atoms with E-state index in [9.17, 15) is 12.8 Å². The quantitative estimate of drug-likeness (QED) is 0.805. The highest BCUT2D eigenvalue weighted by atomic mass is 32.2. The van der Waals surface area contributed by atoms with E-state index in [1.165, 1.54) is 6.07 Å². The molecule has 0 atom stereocenters. The van der Waals surface area contributed by atoms with Gasteiger partial charge < -0.3 is 9.63 Å². The van der Waals surface area contributed by atoms with E-state index in [0.29, 0.717) is 11.7 Å². The summed E-state index contributed by atoms with van der Waals surface area (Å²) < 4.78 is 44.6. The number of nitrogens with one attached hydrogen (secondary N) is 1. The first-order valence-corrected chi connectivity index (χ1v) is 7.59. The lowest BCUT2D eigenvalue weighted by Crippen LogP contribution is -2.27. The van der Waals surface area contributed by atoms with Gasteiger partial charge in [-0.25, -0.2) is 17.5 Å². The van der Waals surface area contributed by atoms with Crippen LogP contribution in [0.2, 0.25) is 0 Å². The Morgan fingerprint density at radius 3 is 2.81 bits per heavy atom. The van der Waals surface area contributed by atoms with Crippen molar-refractivity contribution >= 4 is 10.0 Å². The number of rotatable bonds is 6. The van der Waals surface area contributed by atoms with Crippen LogP contribution in [0.3, 0.4) is 0 Å². The van der Waals surface area contributed by atoms with Gasteiger partial charge in [-0.15, -0.1) is 0 Å². The number of halogens is 1. The third-order valence-electron chi connectivity index (χ3n) is 2.69. The van der Waals surface area contributed by atoms with Crippen LogP contribution in [-0.4, -0.2) is 30.2 Å². The molecule has 0 bridgehead atoms. The number of hydrogen-bond acceptors (Lipinski definition) is 6. The van der Waals surface area contributed by atoms with Crippen LogP contribution in [0.1, 0.15) is 17.3 Å². The first kappa shape index (κ1) is 15.5. The minimum Gasteiger partial charge on any atom is -0.392 e. The summed E-state index contributed by atoms with van der Waals surface area (Å²) in [5.74, 6) is 0.0671. The molecule has 1 aromatic carbocycles. The highest BCUT2D eigenvalue weighted by Crippen LogP contribution is 2.17. The molecule has 0 saturated carbocycles. The molecular weight excluding hydrogens is 301 g/mol. The zero-order chi connectivity index (χ0) is 15.5. The fraction of sp³-hybridized carbons (Fsp3) is 0.333. The van der Waals surface area contributed by atoms with Crippen molar-refractivity contribution in [2.24, 2.45) is 0 Å². The van der Waals surface area contributed by atoms with Crippen molar-refractivity contribution in [3.05, 3.63) is 41.3 Å². The van der Waals surface area contributed by atoms with Crippen molar-refractivity contribution in [1.29, 1.82) is 0 Å². The Balaban J connectivity index is 2.09. The van der Waals surface area contributed by atoms with Gasteiger partial charge in [-0.3, -0.25) is 0 Å². The summed E-state index contributed by atoms with van der Waals surface area (Å²) in [5, 5.41) is 12.7. The van der Waals surface area contributed by atoms with Gasteiger partial charge in [0.05, 0.1) is 11.5 Å². The number of sulfonamides is 1. The monoisotopic (exact) mass is 315 g/mol. The van der Waals surface area contributed by atoms with E-state index in [4.69, 9.17) is 9.63 Å². The molecule has 9 heteroatoms. The van der Waals surface area contributed by atoms with Crippen LogP contribution in [0.5, 0.6) is 0 Å². The second kappa shape index (κ2) is 6.29. The number of aromatic nitrogens is 2. The molecule has 7 nitrogen and oxygen atoms in total. The molecule has 0 aliphatic carbocycles. The van der Waals surface area contributed by atoms with Crippen molar-refractivity contribution in [2.75, 3.05) is 6.54 Å². The second-order valence-electron chi connectivity index (χ2n) is 4.29. The van der Waals surface area contributed by atoms with Gasteiger partial charge in [0, 0.05) is 13.0 Å². The van der Waals surface area contributed by atoms with E-state index in [1.54, 1.807) is 6.92 Å². The molecular formula is C12H14FN3O4S. The minimum absolute atomic E-state index is 0.0192. The Morgan fingerprint density at radius 1 is 1.43 bits per heavy atom. The largest absolute Gasteiger partial charge is 0.392 e. The Kier molecular flexibility index (Phi) is 4.66. The molecule has 0 fully saturated rings. The van der Waals surface area contributed by atoms with E-state index in [1.807, 2.05) is 0 Å². The Morgan fingerprint density at radius 2 is 2.19 bits per heavy atom. The van der Waals surface area contributed by atoms with Crippen LogP contribution >= 0.6 is 0 Å². The molecule has 1 heterocycles. The van der Waals surface area contributed by atoms with Crippen LogP contribution in [0, 0.1) is 12.7 Å². The first-order valence-electron chi connectivity index (χ1n) is 6.10. The highest BCUT2D eigenvalue weighted by molar-refractivity contribution is 7.89. The van der Waals surface area contributed by atoms with E-state index in [2.05, 4.69) is 14.9 Å². The zero-order valence-corrected chi connectivity index (χ0v) is 12.0. The zero-order valence-electron chi connectivity index (χ0n) is 11.2. The van der Waals surface area contributed by atoms with Crippen molar-refractivity contribution in [1.82, 2.24) is 14.9 Å². The summed E-state index contributed by atoms with van der Waals surface area (Å²) in [7, 11) is -3.93. The van der Waals surface area contributed by atoms with Gasteiger partial charge in [0.1, 0.15) is 5.82 Å². The molecule has 0 aliphatic heterocycles. The lowest BCUT2D eigenvalue weighted by Gasteiger charge is -2.09. The molecule has 2 aromatic rings. The van der Waals surface area contributed by atoms with Crippen molar-refractivity contribution in [3.8, 4) is 0 Å². The molecule has 0 amide bonds. The maximum Gasteiger partial charge on any atom is 0.241 e. The molecule has 0 aliphatic rings. The van der Waals surface area contributed by atoms with Crippen molar-refractivity contribution in [2.45, 2.75) is 24.8 Å². The van der Waals surface area contributed by atoms with Gasteiger partial charge in [-0.1, -0.05) is 11.2 Å². The molecule has 2 rings (SSSR count). The SMILES string of the molecule is Cc1noc(CCNS(=O)(=O)c2cc(F)ccc2CO)n1. The molecule has 21 heavy (non-hydrogen) atoms. The molecule has 1 aromatic heterocycles. The molecule has 114 valence electrons. The van der Waals surface area contributed by atoms with E-state index in [-0.39, 0.29) is 23.4 Å². The Hall–Kier alpha value is -1.84. The van der Waals surface area contributed by atoms with Gasteiger partial charge in [-0.2, -0.15) is 4.98 Å². The van der Waals surface area contributed by atoms with Crippen LogP contribution in [0.25, 0.3) is 0 Å². The number of hydrogen-bond donors (Lipinski definition) is 2.